The maximum absolute atomic E-state index is 5.06. The number of nitrogens with zero attached hydrogens (tertiary/aromatic N) is 1. The summed E-state index contributed by atoms with van der Waals surface area (Å²) in [5.74, 6) is 0. The molecule has 70 valence electrons. The quantitative estimate of drug-likeness (QED) is 0.632. The summed E-state index contributed by atoms with van der Waals surface area (Å²) in [6.45, 7) is 4.39. The lowest BCUT2D eigenvalue weighted by Gasteiger charge is -2.23. The molecule has 1 rings (SSSR count). The first-order valence-electron chi connectivity index (χ1n) is 4.22. The van der Waals surface area contributed by atoms with E-state index in [-0.39, 0.29) is 0 Å². The van der Waals surface area contributed by atoms with E-state index in [1.165, 1.54) is 0 Å². The van der Waals surface area contributed by atoms with Crippen LogP contribution >= 0.6 is 0 Å². The standard InChI is InChI=1S/C8H16N2O2/c1-3-12-9-8-4-6-10(11-2)7-5-8/h4,9H,3,5-7H2,1-2H3. The Hall–Kier alpha value is -0.580. The van der Waals surface area contributed by atoms with Gasteiger partial charge in [-0.15, -0.1) is 0 Å². The van der Waals surface area contributed by atoms with Crippen LogP contribution in [0.25, 0.3) is 0 Å². The van der Waals surface area contributed by atoms with Gasteiger partial charge in [-0.25, -0.2) is 0 Å². The fourth-order valence-corrected chi connectivity index (χ4v) is 1.07. The first-order chi connectivity index (χ1) is 5.86. The van der Waals surface area contributed by atoms with Crippen molar-refractivity contribution in [2.75, 3.05) is 26.8 Å². The number of rotatable bonds is 4. The van der Waals surface area contributed by atoms with Gasteiger partial charge in [-0.3, -0.25) is 10.3 Å². The van der Waals surface area contributed by atoms with Crippen molar-refractivity contribution in [1.29, 1.82) is 0 Å². The molecule has 0 spiro atoms. The van der Waals surface area contributed by atoms with Gasteiger partial charge in [0, 0.05) is 25.2 Å². The van der Waals surface area contributed by atoms with Gasteiger partial charge < -0.3 is 4.84 Å². The highest BCUT2D eigenvalue weighted by molar-refractivity contribution is 5.02. The highest BCUT2D eigenvalue weighted by Gasteiger charge is 2.09. The highest BCUT2D eigenvalue weighted by atomic mass is 16.7. The largest absolute Gasteiger partial charge is 0.302 e. The lowest BCUT2D eigenvalue weighted by Crippen LogP contribution is -2.31. The topological polar surface area (TPSA) is 33.7 Å². The molecule has 1 heterocycles. The van der Waals surface area contributed by atoms with Gasteiger partial charge in [0.1, 0.15) is 0 Å². The molecule has 4 heteroatoms. The van der Waals surface area contributed by atoms with Crippen LogP contribution in [0.5, 0.6) is 0 Å². The molecular weight excluding hydrogens is 156 g/mol. The molecule has 0 unspecified atom stereocenters. The number of hydrogen-bond acceptors (Lipinski definition) is 4. The molecule has 0 saturated heterocycles. The highest BCUT2D eigenvalue weighted by Crippen LogP contribution is 2.07. The zero-order valence-corrected chi connectivity index (χ0v) is 7.67. The van der Waals surface area contributed by atoms with E-state index >= 15 is 0 Å². The smallest absolute Gasteiger partial charge is 0.0717 e. The van der Waals surface area contributed by atoms with Crippen LogP contribution in [-0.4, -0.2) is 31.9 Å². The van der Waals surface area contributed by atoms with Gasteiger partial charge >= 0.3 is 0 Å². The first kappa shape index (κ1) is 9.51. The van der Waals surface area contributed by atoms with Crippen LogP contribution in [0.1, 0.15) is 13.3 Å². The molecule has 1 aliphatic rings. The predicted molar refractivity (Wildman–Crippen MR) is 46.0 cm³/mol. The summed E-state index contributed by atoms with van der Waals surface area (Å²) in [7, 11) is 1.69. The zero-order chi connectivity index (χ0) is 8.81. The molecule has 0 saturated carbocycles. The van der Waals surface area contributed by atoms with E-state index < -0.39 is 0 Å². The minimum atomic E-state index is 0.686. The van der Waals surface area contributed by atoms with Crippen LogP contribution in [0.4, 0.5) is 0 Å². The second kappa shape index (κ2) is 5.13. The van der Waals surface area contributed by atoms with Crippen molar-refractivity contribution < 1.29 is 9.68 Å². The normalized spacial score (nSPS) is 19.0. The number of hydrogen-bond donors (Lipinski definition) is 1. The van der Waals surface area contributed by atoms with Crippen LogP contribution in [0, 0.1) is 0 Å². The molecule has 0 aromatic carbocycles. The third kappa shape index (κ3) is 2.81. The fraction of sp³-hybridized carbons (Fsp3) is 0.750. The molecule has 1 aliphatic heterocycles. The Morgan fingerprint density at radius 2 is 2.50 bits per heavy atom. The Bertz CT molecular complexity index is 159. The SMILES string of the molecule is CCONC1=CCN(OC)CC1. The third-order valence-corrected chi connectivity index (χ3v) is 1.78. The summed E-state index contributed by atoms with van der Waals surface area (Å²) in [6.07, 6.45) is 3.02. The van der Waals surface area contributed by atoms with Gasteiger partial charge in [-0.1, -0.05) is 0 Å². The van der Waals surface area contributed by atoms with E-state index in [0.717, 1.165) is 25.2 Å². The van der Waals surface area contributed by atoms with E-state index in [1.807, 2.05) is 12.0 Å². The van der Waals surface area contributed by atoms with Gasteiger partial charge in [0.2, 0.25) is 0 Å². The Balaban J connectivity index is 2.24. The van der Waals surface area contributed by atoms with E-state index in [9.17, 15) is 0 Å². The molecular formula is C8H16N2O2. The van der Waals surface area contributed by atoms with Gasteiger partial charge in [0.05, 0.1) is 13.7 Å². The molecule has 0 bridgehead atoms. The van der Waals surface area contributed by atoms with Crippen molar-refractivity contribution in [3.05, 3.63) is 11.8 Å². The van der Waals surface area contributed by atoms with Crippen molar-refractivity contribution >= 4 is 0 Å². The van der Waals surface area contributed by atoms with E-state index in [2.05, 4.69) is 11.6 Å². The fourth-order valence-electron chi connectivity index (χ4n) is 1.07. The molecule has 0 aromatic heterocycles. The molecule has 0 radical (unpaired) electrons. The van der Waals surface area contributed by atoms with E-state index in [1.54, 1.807) is 7.11 Å². The Labute approximate surface area is 73.0 Å². The van der Waals surface area contributed by atoms with Crippen LogP contribution in [0.2, 0.25) is 0 Å². The van der Waals surface area contributed by atoms with Crippen molar-refractivity contribution in [1.82, 2.24) is 10.5 Å². The third-order valence-electron chi connectivity index (χ3n) is 1.78. The van der Waals surface area contributed by atoms with Crippen LogP contribution < -0.4 is 5.48 Å². The van der Waals surface area contributed by atoms with Crippen molar-refractivity contribution in [3.8, 4) is 0 Å². The van der Waals surface area contributed by atoms with Crippen LogP contribution in [0.15, 0.2) is 11.8 Å². The minimum absolute atomic E-state index is 0.686. The second-order valence-corrected chi connectivity index (χ2v) is 2.58. The van der Waals surface area contributed by atoms with E-state index in [0.29, 0.717) is 6.61 Å². The van der Waals surface area contributed by atoms with Crippen LogP contribution in [-0.2, 0) is 9.68 Å². The predicted octanol–water partition coefficient (Wildman–Crippen LogP) is 0.678. The average molecular weight is 172 g/mol. The second-order valence-electron chi connectivity index (χ2n) is 2.58. The molecule has 0 fully saturated rings. The Morgan fingerprint density at radius 1 is 1.67 bits per heavy atom. The monoisotopic (exact) mass is 172 g/mol. The average Bonchev–Trinajstić information content (AvgIpc) is 2.15. The first-order valence-corrected chi connectivity index (χ1v) is 4.22. The lowest BCUT2D eigenvalue weighted by molar-refractivity contribution is -0.126. The maximum atomic E-state index is 5.06. The molecule has 0 aromatic rings. The molecule has 4 nitrogen and oxygen atoms in total. The Kier molecular flexibility index (Phi) is 4.07. The maximum Gasteiger partial charge on any atom is 0.0717 e. The van der Waals surface area contributed by atoms with Crippen LogP contribution in [0.3, 0.4) is 0 Å². The van der Waals surface area contributed by atoms with E-state index in [4.69, 9.17) is 9.68 Å². The summed E-state index contributed by atoms with van der Waals surface area (Å²) < 4.78 is 0. The molecule has 12 heavy (non-hydrogen) atoms. The lowest BCUT2D eigenvalue weighted by atomic mass is 10.2. The summed E-state index contributed by atoms with van der Waals surface area (Å²) in [6, 6.07) is 0. The van der Waals surface area contributed by atoms with Gasteiger partial charge in [0.15, 0.2) is 0 Å². The minimum Gasteiger partial charge on any atom is -0.302 e. The van der Waals surface area contributed by atoms with Crippen molar-refractivity contribution in [2.24, 2.45) is 0 Å². The number of hydroxylamine groups is 3. The summed E-state index contributed by atoms with van der Waals surface area (Å²) in [4.78, 5) is 10.1. The molecule has 0 amide bonds. The summed E-state index contributed by atoms with van der Waals surface area (Å²) >= 11 is 0. The van der Waals surface area contributed by atoms with Crippen molar-refractivity contribution in [2.45, 2.75) is 13.3 Å². The van der Waals surface area contributed by atoms with Crippen molar-refractivity contribution in [3.63, 3.8) is 0 Å². The van der Waals surface area contributed by atoms with Gasteiger partial charge in [-0.05, 0) is 13.0 Å². The molecule has 0 atom stereocenters. The number of nitrogens with one attached hydrogen (secondary N) is 1. The molecule has 1 N–H and O–H groups in total. The molecule has 0 aliphatic carbocycles. The van der Waals surface area contributed by atoms with Gasteiger partial charge in [0.25, 0.3) is 0 Å². The Morgan fingerprint density at radius 3 is 3.00 bits per heavy atom. The summed E-state index contributed by atoms with van der Waals surface area (Å²) in [5.41, 5.74) is 4.04. The van der Waals surface area contributed by atoms with Gasteiger partial charge in [-0.2, -0.15) is 5.06 Å². The zero-order valence-electron chi connectivity index (χ0n) is 7.67. The summed E-state index contributed by atoms with van der Waals surface area (Å²) in [5, 5.41) is 1.90.